The van der Waals surface area contributed by atoms with Crippen LogP contribution >= 0.6 is 0 Å². The maximum absolute atomic E-state index is 11.3. The Kier molecular flexibility index (Phi) is 3.09. The Morgan fingerprint density at radius 1 is 1.39 bits per heavy atom. The highest BCUT2D eigenvalue weighted by molar-refractivity contribution is 5.91. The number of nitro benzene ring substituents is 1. The highest BCUT2D eigenvalue weighted by Crippen LogP contribution is 2.31. The molecule has 6 heteroatoms. The number of carbonyl (C=O) groups excluding carboxylic acids is 1. The van der Waals surface area contributed by atoms with E-state index in [1.807, 2.05) is 0 Å². The number of benzene rings is 1. The van der Waals surface area contributed by atoms with Crippen molar-refractivity contribution in [1.29, 1.82) is 0 Å². The molecule has 0 unspecified atom stereocenters. The Hall–Kier alpha value is -2.63. The maximum Gasteiger partial charge on any atom is 0.338 e. The fourth-order valence-corrected chi connectivity index (χ4v) is 1.59. The van der Waals surface area contributed by atoms with E-state index >= 15 is 0 Å². The molecule has 1 aromatic heterocycles. The number of carbonyl (C=O) groups is 1. The van der Waals surface area contributed by atoms with Crippen LogP contribution in [0.5, 0.6) is 0 Å². The molecule has 0 aliphatic heterocycles. The predicted octanol–water partition coefficient (Wildman–Crippen LogP) is 2.64. The van der Waals surface area contributed by atoms with Gasteiger partial charge in [-0.25, -0.2) is 4.79 Å². The fraction of sp³-hybridized carbons (Fsp3) is 0.0833. The largest absolute Gasteiger partial charge is 0.472 e. The zero-order chi connectivity index (χ0) is 13.1. The second kappa shape index (κ2) is 4.70. The lowest BCUT2D eigenvalue weighted by Crippen LogP contribution is -2.02. The molecule has 0 amide bonds. The van der Waals surface area contributed by atoms with E-state index in [0.717, 1.165) is 0 Å². The molecule has 0 aliphatic carbocycles. The number of methoxy groups -OCH3 is 1. The first-order valence-corrected chi connectivity index (χ1v) is 5.03. The van der Waals surface area contributed by atoms with Crippen LogP contribution in [-0.2, 0) is 4.74 Å². The van der Waals surface area contributed by atoms with Gasteiger partial charge in [0.2, 0.25) is 0 Å². The molecule has 0 radical (unpaired) electrons. The fourth-order valence-electron chi connectivity index (χ4n) is 1.59. The summed E-state index contributed by atoms with van der Waals surface area (Å²) in [5, 5.41) is 11.0. The summed E-state index contributed by atoms with van der Waals surface area (Å²) in [5.74, 6) is -0.614. The van der Waals surface area contributed by atoms with Crippen LogP contribution < -0.4 is 0 Å². The van der Waals surface area contributed by atoms with Gasteiger partial charge >= 0.3 is 5.97 Å². The minimum Gasteiger partial charge on any atom is -0.472 e. The van der Waals surface area contributed by atoms with Crippen molar-refractivity contribution in [2.45, 2.75) is 0 Å². The summed E-state index contributed by atoms with van der Waals surface area (Å²) in [5.41, 5.74) is 0.940. The first-order valence-electron chi connectivity index (χ1n) is 5.03. The van der Waals surface area contributed by atoms with Gasteiger partial charge in [-0.1, -0.05) is 0 Å². The van der Waals surface area contributed by atoms with E-state index in [0.29, 0.717) is 11.1 Å². The van der Waals surface area contributed by atoms with Crippen molar-refractivity contribution in [2.24, 2.45) is 0 Å². The third-order valence-corrected chi connectivity index (χ3v) is 2.45. The molecule has 1 aromatic carbocycles. The molecule has 18 heavy (non-hydrogen) atoms. The van der Waals surface area contributed by atoms with Crippen LogP contribution in [0, 0.1) is 10.1 Å². The number of hydrogen-bond donors (Lipinski definition) is 0. The van der Waals surface area contributed by atoms with Crippen molar-refractivity contribution in [3.63, 3.8) is 0 Å². The minimum absolute atomic E-state index is 0.136. The summed E-state index contributed by atoms with van der Waals surface area (Å²) < 4.78 is 9.41. The second-order valence-electron chi connectivity index (χ2n) is 3.49. The third-order valence-electron chi connectivity index (χ3n) is 2.45. The lowest BCUT2D eigenvalue weighted by Gasteiger charge is -2.03. The molecule has 0 bridgehead atoms. The maximum atomic E-state index is 11.3. The molecule has 0 fully saturated rings. The summed E-state index contributed by atoms with van der Waals surface area (Å²) in [7, 11) is 1.22. The minimum atomic E-state index is -0.614. The molecule has 0 saturated heterocycles. The number of furan rings is 1. The Bertz CT molecular complexity index is 589. The highest BCUT2D eigenvalue weighted by Gasteiger charge is 2.19. The monoisotopic (exact) mass is 247 g/mol. The smallest absolute Gasteiger partial charge is 0.338 e. The van der Waals surface area contributed by atoms with Crippen molar-refractivity contribution >= 4 is 11.7 Å². The summed E-state index contributed by atoms with van der Waals surface area (Å²) in [6.45, 7) is 0. The summed E-state index contributed by atoms with van der Waals surface area (Å²) >= 11 is 0. The van der Waals surface area contributed by atoms with E-state index in [1.165, 1.54) is 37.8 Å². The number of ether oxygens (including phenoxy) is 1. The summed E-state index contributed by atoms with van der Waals surface area (Å²) in [6.07, 6.45) is 2.83. The van der Waals surface area contributed by atoms with Crippen LogP contribution in [0.4, 0.5) is 5.69 Å². The SMILES string of the molecule is COC(=O)c1ccc(-c2ccoc2)c([N+](=O)[O-])c1. The molecular formula is C12H9NO5. The lowest BCUT2D eigenvalue weighted by molar-refractivity contribution is -0.384. The van der Waals surface area contributed by atoms with Gasteiger partial charge in [0, 0.05) is 11.6 Å². The molecule has 2 rings (SSSR count). The quantitative estimate of drug-likeness (QED) is 0.473. The standard InChI is InChI=1S/C12H9NO5/c1-17-12(14)8-2-3-10(9-4-5-18-7-9)11(6-8)13(15)16/h2-7H,1H3. The first-order chi connectivity index (χ1) is 8.63. The predicted molar refractivity (Wildman–Crippen MR) is 62.1 cm³/mol. The Morgan fingerprint density at radius 3 is 2.72 bits per heavy atom. The van der Waals surface area contributed by atoms with Crippen LogP contribution in [0.3, 0.4) is 0 Å². The van der Waals surface area contributed by atoms with E-state index in [9.17, 15) is 14.9 Å². The number of rotatable bonds is 3. The molecule has 92 valence electrons. The van der Waals surface area contributed by atoms with Gasteiger partial charge in [0.1, 0.15) is 0 Å². The van der Waals surface area contributed by atoms with E-state index in [-0.39, 0.29) is 11.3 Å². The zero-order valence-corrected chi connectivity index (χ0v) is 9.45. The van der Waals surface area contributed by atoms with E-state index < -0.39 is 10.9 Å². The van der Waals surface area contributed by atoms with Crippen molar-refractivity contribution in [2.75, 3.05) is 7.11 Å². The first kappa shape index (κ1) is 11.8. The van der Waals surface area contributed by atoms with Crippen LogP contribution in [0.1, 0.15) is 10.4 Å². The zero-order valence-electron chi connectivity index (χ0n) is 9.45. The van der Waals surface area contributed by atoms with Gasteiger partial charge in [0.25, 0.3) is 5.69 Å². The molecule has 2 aromatic rings. The Balaban J connectivity index is 2.55. The number of nitro groups is 1. The van der Waals surface area contributed by atoms with Gasteiger partial charge in [-0.05, 0) is 18.2 Å². The van der Waals surface area contributed by atoms with Crippen LogP contribution in [-0.4, -0.2) is 18.0 Å². The summed E-state index contributed by atoms with van der Waals surface area (Å²) in [6, 6.07) is 5.77. The second-order valence-corrected chi connectivity index (χ2v) is 3.49. The third kappa shape index (κ3) is 2.08. The van der Waals surface area contributed by atoms with Crippen LogP contribution in [0.15, 0.2) is 41.2 Å². The van der Waals surface area contributed by atoms with Crippen LogP contribution in [0.25, 0.3) is 11.1 Å². The van der Waals surface area contributed by atoms with Gasteiger partial charge in [-0.2, -0.15) is 0 Å². The molecular weight excluding hydrogens is 238 g/mol. The Morgan fingerprint density at radius 2 is 2.17 bits per heavy atom. The van der Waals surface area contributed by atoms with Gasteiger partial charge in [0.15, 0.2) is 0 Å². The van der Waals surface area contributed by atoms with E-state index in [1.54, 1.807) is 6.07 Å². The Labute approximate surface area is 102 Å². The van der Waals surface area contributed by atoms with E-state index in [2.05, 4.69) is 4.74 Å². The molecule has 0 saturated carbocycles. The average molecular weight is 247 g/mol. The normalized spacial score (nSPS) is 10.1. The molecule has 0 atom stereocenters. The van der Waals surface area contributed by atoms with Crippen molar-refractivity contribution in [3.05, 3.63) is 52.5 Å². The average Bonchev–Trinajstić information content (AvgIpc) is 2.90. The number of hydrogen-bond acceptors (Lipinski definition) is 5. The number of nitrogens with zero attached hydrogens (tertiary/aromatic N) is 1. The van der Waals surface area contributed by atoms with Crippen molar-refractivity contribution in [3.8, 4) is 11.1 Å². The van der Waals surface area contributed by atoms with Gasteiger partial charge < -0.3 is 9.15 Å². The summed E-state index contributed by atoms with van der Waals surface area (Å²) in [4.78, 5) is 21.8. The van der Waals surface area contributed by atoms with E-state index in [4.69, 9.17) is 4.42 Å². The number of esters is 1. The van der Waals surface area contributed by atoms with Gasteiger partial charge in [-0.3, -0.25) is 10.1 Å². The topological polar surface area (TPSA) is 82.6 Å². The highest BCUT2D eigenvalue weighted by atomic mass is 16.6. The molecule has 0 N–H and O–H groups in total. The molecule has 6 nitrogen and oxygen atoms in total. The molecule has 1 heterocycles. The van der Waals surface area contributed by atoms with Crippen LogP contribution in [0.2, 0.25) is 0 Å². The lowest BCUT2D eigenvalue weighted by atomic mass is 10.0. The molecule has 0 spiro atoms. The van der Waals surface area contributed by atoms with Gasteiger partial charge in [-0.15, -0.1) is 0 Å². The van der Waals surface area contributed by atoms with Crippen molar-refractivity contribution in [1.82, 2.24) is 0 Å². The molecule has 0 aliphatic rings. The van der Waals surface area contributed by atoms with Gasteiger partial charge in [0.05, 0.1) is 35.7 Å². The van der Waals surface area contributed by atoms with Crippen molar-refractivity contribution < 1.29 is 18.9 Å².